The summed E-state index contributed by atoms with van der Waals surface area (Å²) in [5.74, 6) is 2.43. The number of anilines is 1. The van der Waals surface area contributed by atoms with Crippen molar-refractivity contribution < 1.29 is 14.3 Å². The molecule has 0 aromatic heterocycles. The first-order valence-electron chi connectivity index (χ1n) is 6.86. The van der Waals surface area contributed by atoms with Crippen molar-refractivity contribution in [3.05, 3.63) is 54.1 Å². The predicted octanol–water partition coefficient (Wildman–Crippen LogP) is 3.58. The second kappa shape index (κ2) is 8.34. The third-order valence-corrected chi connectivity index (χ3v) is 4.03. The molecule has 0 aliphatic rings. The molecule has 116 valence electrons. The summed E-state index contributed by atoms with van der Waals surface area (Å²) in [6, 6.07) is 15.4. The molecule has 0 saturated carbocycles. The summed E-state index contributed by atoms with van der Waals surface area (Å²) in [6.07, 6.45) is 0. The quantitative estimate of drug-likeness (QED) is 0.848. The molecule has 2 rings (SSSR count). The van der Waals surface area contributed by atoms with Crippen LogP contribution in [0.5, 0.6) is 11.5 Å². The van der Waals surface area contributed by atoms with E-state index in [1.54, 1.807) is 44.2 Å². The second-order valence-corrected chi connectivity index (χ2v) is 5.58. The number of thioether (sulfide) groups is 1. The fourth-order valence-corrected chi connectivity index (χ4v) is 2.71. The summed E-state index contributed by atoms with van der Waals surface area (Å²) in [6.45, 7) is 0. The van der Waals surface area contributed by atoms with Gasteiger partial charge >= 0.3 is 0 Å². The number of rotatable bonds is 7. The number of ether oxygens (including phenoxy) is 2. The van der Waals surface area contributed by atoms with Crippen molar-refractivity contribution in [3.63, 3.8) is 0 Å². The molecular weight excluding hydrogens is 298 g/mol. The van der Waals surface area contributed by atoms with Gasteiger partial charge in [0.15, 0.2) is 0 Å². The SMILES string of the molecule is COc1ccc(NC(=O)CSCc2ccccc2)c(OC)c1. The van der Waals surface area contributed by atoms with Crippen molar-refractivity contribution in [3.8, 4) is 11.5 Å². The van der Waals surface area contributed by atoms with Crippen molar-refractivity contribution >= 4 is 23.4 Å². The van der Waals surface area contributed by atoms with Crippen LogP contribution in [0.15, 0.2) is 48.5 Å². The minimum Gasteiger partial charge on any atom is -0.497 e. The molecule has 22 heavy (non-hydrogen) atoms. The van der Waals surface area contributed by atoms with Gasteiger partial charge in [0.25, 0.3) is 0 Å². The minimum atomic E-state index is -0.0515. The normalized spacial score (nSPS) is 10.1. The van der Waals surface area contributed by atoms with Crippen LogP contribution in [0.1, 0.15) is 5.56 Å². The highest BCUT2D eigenvalue weighted by atomic mass is 32.2. The average Bonchev–Trinajstić information content (AvgIpc) is 2.56. The van der Waals surface area contributed by atoms with Gasteiger partial charge in [0.05, 0.1) is 25.7 Å². The maximum atomic E-state index is 12.0. The van der Waals surface area contributed by atoms with E-state index in [1.165, 1.54) is 5.56 Å². The summed E-state index contributed by atoms with van der Waals surface area (Å²) < 4.78 is 10.4. The van der Waals surface area contributed by atoms with E-state index in [0.717, 1.165) is 5.75 Å². The molecule has 4 nitrogen and oxygen atoms in total. The van der Waals surface area contributed by atoms with Crippen molar-refractivity contribution in [1.29, 1.82) is 0 Å². The maximum Gasteiger partial charge on any atom is 0.234 e. The minimum absolute atomic E-state index is 0.0515. The molecule has 0 fully saturated rings. The van der Waals surface area contributed by atoms with E-state index < -0.39 is 0 Å². The van der Waals surface area contributed by atoms with E-state index in [0.29, 0.717) is 22.9 Å². The van der Waals surface area contributed by atoms with Gasteiger partial charge in [-0.1, -0.05) is 30.3 Å². The van der Waals surface area contributed by atoms with E-state index in [2.05, 4.69) is 17.4 Å². The zero-order valence-electron chi connectivity index (χ0n) is 12.7. The van der Waals surface area contributed by atoms with Crippen LogP contribution in [0.25, 0.3) is 0 Å². The molecule has 0 saturated heterocycles. The summed E-state index contributed by atoms with van der Waals surface area (Å²) >= 11 is 1.58. The number of benzene rings is 2. The van der Waals surface area contributed by atoms with Gasteiger partial charge in [-0.2, -0.15) is 0 Å². The van der Waals surface area contributed by atoms with Gasteiger partial charge in [-0.15, -0.1) is 11.8 Å². The number of methoxy groups -OCH3 is 2. The van der Waals surface area contributed by atoms with Crippen LogP contribution < -0.4 is 14.8 Å². The number of nitrogens with one attached hydrogen (secondary N) is 1. The van der Waals surface area contributed by atoms with Gasteiger partial charge in [0, 0.05) is 11.8 Å². The zero-order chi connectivity index (χ0) is 15.8. The standard InChI is InChI=1S/C17H19NO3S/c1-20-14-8-9-15(16(10-14)21-2)18-17(19)12-22-11-13-6-4-3-5-7-13/h3-10H,11-12H2,1-2H3,(H,18,19). The third-order valence-electron chi connectivity index (χ3n) is 3.03. The molecule has 0 heterocycles. The molecule has 0 unspecified atom stereocenters. The molecule has 1 amide bonds. The molecule has 0 atom stereocenters. The molecule has 2 aromatic rings. The first-order chi connectivity index (χ1) is 10.7. The Morgan fingerprint density at radius 1 is 1.09 bits per heavy atom. The van der Waals surface area contributed by atoms with E-state index in [1.807, 2.05) is 18.2 Å². The van der Waals surface area contributed by atoms with Crippen LogP contribution in [0, 0.1) is 0 Å². The molecule has 0 bridgehead atoms. The Morgan fingerprint density at radius 2 is 1.86 bits per heavy atom. The molecule has 5 heteroatoms. The highest BCUT2D eigenvalue weighted by Gasteiger charge is 2.09. The Labute approximate surface area is 134 Å². The predicted molar refractivity (Wildman–Crippen MR) is 90.8 cm³/mol. The Morgan fingerprint density at radius 3 is 2.55 bits per heavy atom. The smallest absolute Gasteiger partial charge is 0.234 e. The molecule has 0 aliphatic carbocycles. The monoisotopic (exact) mass is 317 g/mol. The third kappa shape index (κ3) is 4.70. The number of carbonyl (C=O) groups excluding carboxylic acids is 1. The van der Waals surface area contributed by atoms with Crippen LogP contribution in [0.4, 0.5) is 5.69 Å². The zero-order valence-corrected chi connectivity index (χ0v) is 13.5. The van der Waals surface area contributed by atoms with Crippen LogP contribution in [-0.2, 0) is 10.5 Å². The number of amides is 1. The maximum absolute atomic E-state index is 12.0. The average molecular weight is 317 g/mol. The Bertz CT molecular complexity index is 617. The lowest BCUT2D eigenvalue weighted by Crippen LogP contribution is -2.14. The molecule has 0 aliphatic heterocycles. The number of hydrogen-bond donors (Lipinski definition) is 1. The first kappa shape index (κ1) is 16.2. The topological polar surface area (TPSA) is 47.6 Å². The lowest BCUT2D eigenvalue weighted by molar-refractivity contribution is -0.113. The lowest BCUT2D eigenvalue weighted by atomic mass is 10.2. The molecule has 1 N–H and O–H groups in total. The molecule has 0 spiro atoms. The number of hydrogen-bond acceptors (Lipinski definition) is 4. The second-order valence-electron chi connectivity index (χ2n) is 4.59. The van der Waals surface area contributed by atoms with E-state index >= 15 is 0 Å². The van der Waals surface area contributed by atoms with Crippen LogP contribution in [0.2, 0.25) is 0 Å². The van der Waals surface area contributed by atoms with Crippen molar-refractivity contribution in [2.75, 3.05) is 25.3 Å². The van der Waals surface area contributed by atoms with Gasteiger partial charge in [-0.3, -0.25) is 4.79 Å². The Balaban J connectivity index is 1.86. The lowest BCUT2D eigenvalue weighted by Gasteiger charge is -2.11. The van der Waals surface area contributed by atoms with Crippen LogP contribution in [-0.4, -0.2) is 25.9 Å². The van der Waals surface area contributed by atoms with Gasteiger partial charge in [0.1, 0.15) is 11.5 Å². The number of carbonyl (C=O) groups is 1. The summed E-state index contributed by atoms with van der Waals surface area (Å²) in [5, 5.41) is 2.86. The van der Waals surface area contributed by atoms with Crippen molar-refractivity contribution in [2.24, 2.45) is 0 Å². The van der Waals surface area contributed by atoms with Crippen LogP contribution in [0.3, 0.4) is 0 Å². The van der Waals surface area contributed by atoms with Gasteiger partial charge in [0.2, 0.25) is 5.91 Å². The van der Waals surface area contributed by atoms with Crippen molar-refractivity contribution in [2.45, 2.75) is 5.75 Å². The fraction of sp³-hybridized carbons (Fsp3) is 0.235. The van der Waals surface area contributed by atoms with Gasteiger partial charge in [-0.05, 0) is 17.7 Å². The summed E-state index contributed by atoms with van der Waals surface area (Å²) in [5.41, 5.74) is 1.86. The summed E-state index contributed by atoms with van der Waals surface area (Å²) in [7, 11) is 3.15. The van der Waals surface area contributed by atoms with Crippen molar-refractivity contribution in [1.82, 2.24) is 0 Å². The first-order valence-corrected chi connectivity index (χ1v) is 8.02. The highest BCUT2D eigenvalue weighted by Crippen LogP contribution is 2.29. The largest absolute Gasteiger partial charge is 0.497 e. The van der Waals surface area contributed by atoms with E-state index in [9.17, 15) is 4.79 Å². The Kier molecular flexibility index (Phi) is 6.15. The van der Waals surface area contributed by atoms with Gasteiger partial charge < -0.3 is 14.8 Å². The highest BCUT2D eigenvalue weighted by molar-refractivity contribution is 7.99. The van der Waals surface area contributed by atoms with E-state index in [4.69, 9.17) is 9.47 Å². The summed E-state index contributed by atoms with van der Waals surface area (Å²) in [4.78, 5) is 12.0. The van der Waals surface area contributed by atoms with Gasteiger partial charge in [-0.25, -0.2) is 0 Å². The Hall–Kier alpha value is -2.14. The van der Waals surface area contributed by atoms with E-state index in [-0.39, 0.29) is 5.91 Å². The molecular formula is C17H19NO3S. The fourth-order valence-electron chi connectivity index (χ4n) is 1.92. The molecule has 0 radical (unpaired) electrons. The van der Waals surface area contributed by atoms with Crippen LogP contribution >= 0.6 is 11.8 Å². The molecule has 2 aromatic carbocycles.